The summed E-state index contributed by atoms with van der Waals surface area (Å²) in [7, 11) is 0. The van der Waals surface area contributed by atoms with Crippen molar-refractivity contribution in [2.24, 2.45) is 5.41 Å². The lowest BCUT2D eigenvalue weighted by Crippen LogP contribution is -2.08. The van der Waals surface area contributed by atoms with Gasteiger partial charge in [0.2, 0.25) is 0 Å². The van der Waals surface area contributed by atoms with Gasteiger partial charge >= 0.3 is 0 Å². The molecule has 0 radical (unpaired) electrons. The Morgan fingerprint density at radius 1 is 1.11 bits per heavy atom. The van der Waals surface area contributed by atoms with Crippen molar-refractivity contribution in [3.63, 3.8) is 0 Å². The van der Waals surface area contributed by atoms with Gasteiger partial charge in [0.25, 0.3) is 6.47 Å². The third kappa shape index (κ3) is 8.71. The van der Waals surface area contributed by atoms with Gasteiger partial charge < -0.3 is 20.1 Å². The van der Waals surface area contributed by atoms with Gasteiger partial charge in [-0.25, -0.2) is 0 Å². The van der Waals surface area contributed by atoms with Crippen molar-refractivity contribution in [1.82, 2.24) is 0 Å². The maximum atomic E-state index is 10.4. The zero-order valence-corrected chi connectivity index (χ0v) is 16.3. The zero-order chi connectivity index (χ0) is 20.3. The first-order valence-corrected chi connectivity index (χ1v) is 8.97. The van der Waals surface area contributed by atoms with Crippen LogP contribution in [0.3, 0.4) is 0 Å². The highest BCUT2D eigenvalue weighted by Crippen LogP contribution is 2.30. The molecule has 2 aromatic carbocycles. The van der Waals surface area contributed by atoms with Gasteiger partial charge in [0.1, 0.15) is 12.4 Å². The van der Waals surface area contributed by atoms with E-state index in [2.05, 4.69) is 20.8 Å². The van der Waals surface area contributed by atoms with E-state index in [1.54, 1.807) is 0 Å². The van der Waals surface area contributed by atoms with Gasteiger partial charge in [-0.1, -0.05) is 57.2 Å². The molecule has 0 heterocycles. The van der Waals surface area contributed by atoms with E-state index in [9.17, 15) is 10.2 Å². The van der Waals surface area contributed by atoms with Crippen LogP contribution in [0.15, 0.2) is 48.5 Å². The maximum absolute atomic E-state index is 10.4. The van der Waals surface area contributed by atoms with E-state index < -0.39 is 6.10 Å². The Bertz CT molecular complexity index is 677. The van der Waals surface area contributed by atoms with Crippen LogP contribution in [0.5, 0.6) is 5.75 Å². The minimum absolute atomic E-state index is 0.107. The molecule has 0 aliphatic heterocycles. The number of hydrogen-bond donors (Lipinski definition) is 3. The van der Waals surface area contributed by atoms with E-state index in [1.165, 1.54) is 0 Å². The van der Waals surface area contributed by atoms with Crippen molar-refractivity contribution < 1.29 is 24.9 Å². The van der Waals surface area contributed by atoms with Crippen LogP contribution in [0.25, 0.3) is 0 Å². The summed E-state index contributed by atoms with van der Waals surface area (Å²) >= 11 is 0. The Hall–Kier alpha value is -2.37. The molecular weight excluding hydrogens is 344 g/mol. The molecule has 0 aromatic heterocycles. The highest BCUT2D eigenvalue weighted by atomic mass is 16.5. The zero-order valence-electron chi connectivity index (χ0n) is 16.3. The van der Waals surface area contributed by atoms with Crippen LogP contribution in [0.1, 0.15) is 56.4 Å². The molecule has 2 rings (SSSR count). The van der Waals surface area contributed by atoms with E-state index in [0.717, 1.165) is 17.5 Å². The molecule has 0 saturated carbocycles. The first kappa shape index (κ1) is 22.7. The second-order valence-corrected chi connectivity index (χ2v) is 7.52. The Labute approximate surface area is 161 Å². The first-order chi connectivity index (χ1) is 12.8. The maximum Gasteiger partial charge on any atom is 0.290 e. The predicted octanol–water partition coefficient (Wildman–Crippen LogP) is 4.32. The standard InChI is InChI=1S/C21H28O3.CH2O2/c1-21(2,3)12-11-19(23)17-9-10-20(18(13-17)14-22)24-15-16-7-5-4-6-8-16;2-1-3/h4-10,13,19,22-23H,11-12,14-15H2,1-3H3;1H,(H,2,3)/t19-;/m1./s1. The summed E-state index contributed by atoms with van der Waals surface area (Å²) in [5.74, 6) is 0.660. The second kappa shape index (κ2) is 11.4. The quantitative estimate of drug-likeness (QED) is 0.628. The summed E-state index contributed by atoms with van der Waals surface area (Å²) in [5, 5.41) is 26.9. The van der Waals surface area contributed by atoms with E-state index in [4.69, 9.17) is 14.6 Å². The molecule has 0 amide bonds. The Morgan fingerprint density at radius 3 is 2.30 bits per heavy atom. The topological polar surface area (TPSA) is 87.0 Å². The highest BCUT2D eigenvalue weighted by molar-refractivity contribution is 5.38. The van der Waals surface area contributed by atoms with Crippen LogP contribution in [0, 0.1) is 5.41 Å². The third-order valence-electron chi connectivity index (χ3n) is 4.04. The lowest BCUT2D eigenvalue weighted by atomic mass is 9.88. The molecule has 1 atom stereocenters. The molecule has 0 fully saturated rings. The van der Waals surface area contributed by atoms with Crippen molar-refractivity contribution in [2.75, 3.05) is 0 Å². The monoisotopic (exact) mass is 374 g/mol. The van der Waals surface area contributed by atoms with E-state index in [0.29, 0.717) is 24.3 Å². The SMILES string of the molecule is CC(C)(C)CC[C@@H](O)c1ccc(OCc2ccccc2)c(CO)c1.O=CO. The minimum atomic E-state index is -0.516. The van der Waals surface area contributed by atoms with Gasteiger partial charge in [-0.2, -0.15) is 0 Å². The third-order valence-corrected chi connectivity index (χ3v) is 4.04. The van der Waals surface area contributed by atoms with Gasteiger partial charge in [-0.05, 0) is 41.5 Å². The molecule has 2 aromatic rings. The van der Waals surface area contributed by atoms with Gasteiger partial charge in [0.05, 0.1) is 12.7 Å². The average molecular weight is 374 g/mol. The van der Waals surface area contributed by atoms with Crippen LogP contribution in [-0.4, -0.2) is 21.8 Å². The predicted molar refractivity (Wildman–Crippen MR) is 105 cm³/mol. The fraction of sp³-hybridized carbons (Fsp3) is 0.409. The van der Waals surface area contributed by atoms with E-state index in [1.807, 2.05) is 48.5 Å². The number of rotatable bonds is 7. The largest absolute Gasteiger partial charge is 0.489 e. The molecule has 5 heteroatoms. The molecular formula is C22H30O5. The van der Waals surface area contributed by atoms with Crippen molar-refractivity contribution in [1.29, 1.82) is 0 Å². The van der Waals surface area contributed by atoms with Crippen LogP contribution in [0.2, 0.25) is 0 Å². The number of carbonyl (C=O) groups is 1. The summed E-state index contributed by atoms with van der Waals surface area (Å²) in [6, 6.07) is 15.5. The number of carboxylic acid groups (broad SMARTS) is 1. The molecule has 3 N–H and O–H groups in total. The number of hydrogen-bond acceptors (Lipinski definition) is 4. The van der Waals surface area contributed by atoms with E-state index >= 15 is 0 Å². The van der Waals surface area contributed by atoms with Gasteiger partial charge in [-0.3, -0.25) is 4.79 Å². The molecule has 0 aliphatic carbocycles. The second-order valence-electron chi connectivity index (χ2n) is 7.52. The Kier molecular flexibility index (Phi) is 9.54. The van der Waals surface area contributed by atoms with Crippen LogP contribution in [-0.2, 0) is 18.0 Å². The number of aliphatic hydroxyl groups excluding tert-OH is 2. The Balaban J connectivity index is 0.00000114. The number of aliphatic hydroxyl groups is 2. The van der Waals surface area contributed by atoms with Crippen LogP contribution >= 0.6 is 0 Å². The molecule has 5 nitrogen and oxygen atoms in total. The summed E-state index contributed by atoms with van der Waals surface area (Å²) in [4.78, 5) is 8.36. The molecule has 27 heavy (non-hydrogen) atoms. The van der Waals surface area contributed by atoms with Crippen molar-refractivity contribution >= 4 is 6.47 Å². The smallest absolute Gasteiger partial charge is 0.290 e. The van der Waals surface area contributed by atoms with E-state index in [-0.39, 0.29) is 18.5 Å². The Morgan fingerprint density at radius 2 is 1.74 bits per heavy atom. The number of ether oxygens (including phenoxy) is 1. The fourth-order valence-electron chi connectivity index (χ4n) is 2.54. The van der Waals surface area contributed by atoms with Crippen LogP contribution in [0.4, 0.5) is 0 Å². The average Bonchev–Trinajstić information content (AvgIpc) is 2.65. The minimum Gasteiger partial charge on any atom is -0.489 e. The fourth-order valence-corrected chi connectivity index (χ4v) is 2.54. The molecule has 0 unspecified atom stereocenters. The van der Waals surface area contributed by atoms with Crippen molar-refractivity contribution in [3.05, 3.63) is 65.2 Å². The summed E-state index contributed by atoms with van der Waals surface area (Å²) < 4.78 is 5.82. The van der Waals surface area contributed by atoms with Crippen LogP contribution < -0.4 is 4.74 Å². The summed E-state index contributed by atoms with van der Waals surface area (Å²) in [6.07, 6.45) is 1.13. The van der Waals surface area contributed by atoms with Gasteiger partial charge in [-0.15, -0.1) is 0 Å². The lowest BCUT2D eigenvalue weighted by Gasteiger charge is -2.21. The molecule has 148 valence electrons. The number of benzene rings is 2. The van der Waals surface area contributed by atoms with Gasteiger partial charge in [0, 0.05) is 5.56 Å². The molecule has 0 saturated heterocycles. The molecule has 0 aliphatic rings. The summed E-state index contributed by atoms with van der Waals surface area (Å²) in [6.45, 7) is 6.60. The highest BCUT2D eigenvalue weighted by Gasteiger charge is 2.16. The normalized spacial score (nSPS) is 11.9. The summed E-state index contributed by atoms with van der Waals surface area (Å²) in [5.41, 5.74) is 2.81. The molecule has 0 spiro atoms. The first-order valence-electron chi connectivity index (χ1n) is 8.97. The lowest BCUT2D eigenvalue weighted by molar-refractivity contribution is -0.122. The van der Waals surface area contributed by atoms with Crippen molar-refractivity contribution in [3.8, 4) is 5.75 Å². The van der Waals surface area contributed by atoms with Crippen molar-refractivity contribution in [2.45, 2.75) is 52.9 Å². The molecule has 0 bridgehead atoms. The van der Waals surface area contributed by atoms with Gasteiger partial charge in [0.15, 0.2) is 0 Å².